The van der Waals surface area contributed by atoms with Crippen molar-refractivity contribution in [2.75, 3.05) is 25.9 Å². The molecular weight excluding hydrogens is 342 g/mol. The number of carbonyl (C=O) groups excluding carboxylic acids is 1. The second-order valence-electron chi connectivity index (χ2n) is 7.07. The first-order chi connectivity index (χ1) is 11.8. The molecule has 25 heavy (non-hydrogen) atoms. The second kappa shape index (κ2) is 6.69. The number of carbonyl (C=O) groups is 1. The number of likely N-dealkylation sites (tertiary alicyclic amines) is 1. The maximum atomic E-state index is 12.5. The Hall–Kier alpha value is -1.45. The van der Waals surface area contributed by atoms with Crippen LogP contribution in [-0.4, -0.2) is 65.4 Å². The molecule has 8 nitrogen and oxygen atoms in total. The first kappa shape index (κ1) is 18.3. The van der Waals surface area contributed by atoms with Gasteiger partial charge in [0.05, 0.1) is 29.9 Å². The third-order valence-corrected chi connectivity index (χ3v) is 6.75. The number of fused-ring (bicyclic) bond motifs is 2. The number of H-pyrrole nitrogens is 1. The third kappa shape index (κ3) is 3.20. The normalized spacial score (nSPS) is 22.0. The fourth-order valence-electron chi connectivity index (χ4n) is 4.19. The summed E-state index contributed by atoms with van der Waals surface area (Å²) in [6, 6.07) is -0.475. The number of piperidine rings is 1. The van der Waals surface area contributed by atoms with E-state index in [0.29, 0.717) is 45.3 Å². The van der Waals surface area contributed by atoms with E-state index < -0.39 is 21.6 Å². The average Bonchev–Trinajstić information content (AvgIpc) is 3.04. The molecule has 0 radical (unpaired) electrons. The number of rotatable bonds is 4. The number of nitrogens with two attached hydrogens (primary N) is 1. The lowest BCUT2D eigenvalue weighted by Gasteiger charge is -2.49. The molecule has 1 amide bonds. The number of aromatic amines is 1. The first-order valence-corrected chi connectivity index (χ1v) is 10.7. The molecule has 2 aliphatic heterocycles. The number of sulfonamides is 1. The highest BCUT2D eigenvalue weighted by Gasteiger charge is 2.50. The number of amides is 1. The van der Waals surface area contributed by atoms with E-state index in [1.165, 1.54) is 6.26 Å². The van der Waals surface area contributed by atoms with Gasteiger partial charge in [0.1, 0.15) is 0 Å². The van der Waals surface area contributed by atoms with Crippen molar-refractivity contribution in [3.63, 3.8) is 0 Å². The van der Waals surface area contributed by atoms with Gasteiger partial charge in [0.15, 0.2) is 0 Å². The van der Waals surface area contributed by atoms with Gasteiger partial charge in [-0.2, -0.15) is 4.31 Å². The number of aromatic nitrogens is 2. The minimum absolute atomic E-state index is 0.0410. The van der Waals surface area contributed by atoms with Crippen LogP contribution in [0.25, 0.3) is 0 Å². The fraction of sp³-hybridized carbons (Fsp3) is 0.750. The molecule has 1 saturated heterocycles. The summed E-state index contributed by atoms with van der Waals surface area (Å²) in [7, 11) is -3.37. The van der Waals surface area contributed by atoms with Crippen molar-refractivity contribution in [3.05, 3.63) is 17.7 Å². The molecule has 3 heterocycles. The Labute approximate surface area is 148 Å². The molecule has 1 fully saturated rings. The van der Waals surface area contributed by atoms with Crippen LogP contribution in [0, 0.1) is 0 Å². The number of hydrogen-bond acceptors (Lipinski definition) is 5. The quantitative estimate of drug-likeness (QED) is 0.786. The predicted octanol–water partition coefficient (Wildman–Crippen LogP) is 0.173. The molecule has 140 valence electrons. The van der Waals surface area contributed by atoms with Crippen LogP contribution < -0.4 is 5.73 Å². The molecule has 1 aromatic rings. The molecule has 1 aromatic heterocycles. The maximum absolute atomic E-state index is 12.5. The molecule has 9 heteroatoms. The maximum Gasteiger partial charge on any atom is 0.239 e. The van der Waals surface area contributed by atoms with E-state index in [0.717, 1.165) is 17.8 Å². The van der Waals surface area contributed by atoms with Crippen molar-refractivity contribution in [1.29, 1.82) is 0 Å². The van der Waals surface area contributed by atoms with E-state index in [-0.39, 0.29) is 5.91 Å². The van der Waals surface area contributed by atoms with Gasteiger partial charge >= 0.3 is 0 Å². The summed E-state index contributed by atoms with van der Waals surface area (Å²) in [5, 5.41) is 0. The monoisotopic (exact) mass is 369 g/mol. The van der Waals surface area contributed by atoms with Gasteiger partial charge in [0.2, 0.25) is 15.9 Å². The van der Waals surface area contributed by atoms with Gasteiger partial charge < -0.3 is 15.6 Å². The van der Waals surface area contributed by atoms with Crippen molar-refractivity contribution in [1.82, 2.24) is 19.2 Å². The fourth-order valence-corrected chi connectivity index (χ4v) is 5.52. The summed E-state index contributed by atoms with van der Waals surface area (Å²) in [5.74, 6) is -0.0410. The Balaban J connectivity index is 1.85. The molecule has 1 spiro atoms. The lowest BCUT2D eigenvalue weighted by Crippen LogP contribution is -2.59. The Morgan fingerprint density at radius 3 is 2.68 bits per heavy atom. The van der Waals surface area contributed by atoms with Crippen molar-refractivity contribution in [2.45, 2.75) is 50.6 Å². The van der Waals surface area contributed by atoms with E-state index in [4.69, 9.17) is 5.73 Å². The SMILES string of the molecule is CCC[C@H](N)C(=O)N1CCC2(CC1)c1nc[nH]c1CCN2S(C)(=O)=O. The number of imidazole rings is 1. The Morgan fingerprint density at radius 2 is 2.08 bits per heavy atom. The highest BCUT2D eigenvalue weighted by molar-refractivity contribution is 7.88. The third-order valence-electron chi connectivity index (χ3n) is 5.42. The zero-order valence-corrected chi connectivity index (χ0v) is 15.7. The van der Waals surface area contributed by atoms with Crippen LogP contribution in [0.5, 0.6) is 0 Å². The topological polar surface area (TPSA) is 112 Å². The highest BCUT2D eigenvalue weighted by atomic mass is 32.2. The molecule has 0 unspecified atom stereocenters. The van der Waals surface area contributed by atoms with Gasteiger partial charge in [-0.3, -0.25) is 4.79 Å². The molecule has 0 saturated carbocycles. The van der Waals surface area contributed by atoms with E-state index in [1.807, 2.05) is 6.92 Å². The summed E-state index contributed by atoms with van der Waals surface area (Å²) in [6.45, 7) is 3.43. The van der Waals surface area contributed by atoms with Crippen LogP contribution in [0.3, 0.4) is 0 Å². The molecule has 1 atom stereocenters. The summed E-state index contributed by atoms with van der Waals surface area (Å²) in [6.07, 6.45) is 6.13. The summed E-state index contributed by atoms with van der Waals surface area (Å²) in [5.41, 5.74) is 7.13. The highest BCUT2D eigenvalue weighted by Crippen LogP contribution is 2.43. The molecule has 0 aromatic carbocycles. The van der Waals surface area contributed by atoms with Crippen LogP contribution in [0.4, 0.5) is 0 Å². The Bertz CT molecular complexity index is 737. The largest absolute Gasteiger partial charge is 0.348 e. The number of hydrogen-bond donors (Lipinski definition) is 2. The van der Waals surface area contributed by atoms with E-state index in [2.05, 4.69) is 9.97 Å². The van der Waals surface area contributed by atoms with Crippen LogP contribution in [0.1, 0.15) is 44.0 Å². The smallest absolute Gasteiger partial charge is 0.239 e. The van der Waals surface area contributed by atoms with Crippen LogP contribution in [-0.2, 0) is 26.8 Å². The van der Waals surface area contributed by atoms with Crippen LogP contribution >= 0.6 is 0 Å². The van der Waals surface area contributed by atoms with Crippen molar-refractivity contribution in [2.24, 2.45) is 5.73 Å². The van der Waals surface area contributed by atoms with Gasteiger partial charge in [0.25, 0.3) is 0 Å². The lowest BCUT2D eigenvalue weighted by molar-refractivity contribution is -0.135. The van der Waals surface area contributed by atoms with Gasteiger partial charge in [-0.15, -0.1) is 0 Å². The minimum atomic E-state index is -3.37. The summed E-state index contributed by atoms with van der Waals surface area (Å²) in [4.78, 5) is 21.8. The second-order valence-corrected chi connectivity index (χ2v) is 8.97. The summed E-state index contributed by atoms with van der Waals surface area (Å²) < 4.78 is 26.4. The van der Waals surface area contributed by atoms with Crippen LogP contribution in [0.15, 0.2) is 6.33 Å². The van der Waals surface area contributed by atoms with E-state index in [1.54, 1.807) is 15.5 Å². The standard InChI is InChI=1S/C16H27N5O3S/c1-3-4-12(17)15(22)20-9-6-16(7-10-20)14-13(18-11-19-14)5-8-21(16)25(2,23)24/h11-12H,3-10,17H2,1-2H3,(H,18,19)/t12-/m0/s1. The lowest BCUT2D eigenvalue weighted by atomic mass is 9.80. The molecule has 3 rings (SSSR count). The van der Waals surface area contributed by atoms with Gasteiger partial charge in [-0.25, -0.2) is 13.4 Å². The Kier molecular flexibility index (Phi) is 4.91. The van der Waals surface area contributed by atoms with E-state index >= 15 is 0 Å². The van der Waals surface area contributed by atoms with E-state index in [9.17, 15) is 13.2 Å². The van der Waals surface area contributed by atoms with Gasteiger partial charge in [0, 0.05) is 31.7 Å². The minimum Gasteiger partial charge on any atom is -0.348 e. The molecule has 2 aliphatic rings. The zero-order chi connectivity index (χ0) is 18.2. The van der Waals surface area contributed by atoms with Gasteiger partial charge in [-0.1, -0.05) is 13.3 Å². The van der Waals surface area contributed by atoms with Gasteiger partial charge in [-0.05, 0) is 19.3 Å². The van der Waals surface area contributed by atoms with Crippen molar-refractivity contribution in [3.8, 4) is 0 Å². The number of nitrogens with zero attached hydrogens (tertiary/aromatic N) is 3. The summed E-state index contributed by atoms with van der Waals surface area (Å²) >= 11 is 0. The van der Waals surface area contributed by atoms with Crippen LogP contribution in [0.2, 0.25) is 0 Å². The number of nitrogens with one attached hydrogen (secondary N) is 1. The average molecular weight is 369 g/mol. The molecular formula is C16H27N5O3S. The predicted molar refractivity (Wildman–Crippen MR) is 94.2 cm³/mol. The molecule has 3 N–H and O–H groups in total. The zero-order valence-electron chi connectivity index (χ0n) is 14.9. The van der Waals surface area contributed by atoms with Crippen molar-refractivity contribution < 1.29 is 13.2 Å². The Morgan fingerprint density at radius 1 is 1.40 bits per heavy atom. The first-order valence-electron chi connectivity index (χ1n) is 8.84. The van der Waals surface area contributed by atoms with Crippen molar-refractivity contribution >= 4 is 15.9 Å². The molecule has 0 bridgehead atoms. The molecule has 0 aliphatic carbocycles.